The monoisotopic (exact) mass is 336 g/mol. The molecule has 2 N–H and O–H groups in total. The second-order valence-corrected chi connectivity index (χ2v) is 6.71. The number of ketones is 1. The second kappa shape index (κ2) is 5.85. The molecule has 0 saturated heterocycles. The van der Waals surface area contributed by atoms with Crippen LogP contribution in [0.4, 0.5) is 10.2 Å². The summed E-state index contributed by atoms with van der Waals surface area (Å²) in [7, 11) is 0. The number of nitriles is 1. The lowest BCUT2D eigenvalue weighted by atomic mass is 9.85. The van der Waals surface area contributed by atoms with Gasteiger partial charge < -0.3 is 10.3 Å². The lowest BCUT2D eigenvalue weighted by Gasteiger charge is -2.29. The summed E-state index contributed by atoms with van der Waals surface area (Å²) in [4.78, 5) is 19.2. The molecule has 1 aliphatic carbocycles. The molecule has 25 heavy (non-hydrogen) atoms. The molecule has 2 atom stereocenters. The minimum absolute atomic E-state index is 0.125. The Morgan fingerprint density at radius 3 is 3.04 bits per heavy atom. The van der Waals surface area contributed by atoms with Crippen molar-refractivity contribution >= 4 is 33.4 Å². The van der Waals surface area contributed by atoms with Gasteiger partial charge in [0.05, 0.1) is 16.5 Å². The molecule has 0 spiro atoms. The van der Waals surface area contributed by atoms with Crippen LogP contribution in [-0.2, 0) is 4.79 Å². The van der Waals surface area contributed by atoms with Crippen LogP contribution < -0.4 is 5.32 Å². The summed E-state index contributed by atoms with van der Waals surface area (Å²) < 4.78 is 13.8. The molecular weight excluding hydrogens is 319 g/mol. The first-order valence-corrected chi connectivity index (χ1v) is 8.35. The average Bonchev–Trinajstić information content (AvgIpc) is 2.96. The molecule has 1 aliphatic rings. The number of carbonyl (C=O) groups excluding carboxylic acids is 1. The normalized spacial score (nSPS) is 20.8. The topological polar surface area (TPSA) is 81.6 Å². The van der Waals surface area contributed by atoms with Crippen molar-refractivity contribution in [1.82, 2.24) is 9.97 Å². The molecular formula is C19H17FN4O. The Morgan fingerprint density at radius 2 is 2.28 bits per heavy atom. The minimum atomic E-state index is -0.335. The van der Waals surface area contributed by atoms with Gasteiger partial charge in [-0.1, -0.05) is 6.92 Å². The van der Waals surface area contributed by atoms with E-state index in [0.29, 0.717) is 35.1 Å². The van der Waals surface area contributed by atoms with E-state index in [1.54, 1.807) is 6.07 Å². The van der Waals surface area contributed by atoms with Crippen molar-refractivity contribution in [3.05, 3.63) is 35.8 Å². The SMILES string of the molecule is C[C@H]1CC(=O)CC[C@H]1Nc1ncc(C#N)c2[nH]c3ccc(F)cc3c12. The van der Waals surface area contributed by atoms with Gasteiger partial charge in [0.2, 0.25) is 0 Å². The number of anilines is 1. The van der Waals surface area contributed by atoms with Gasteiger partial charge in [-0.05, 0) is 30.5 Å². The summed E-state index contributed by atoms with van der Waals surface area (Å²) in [6.07, 6.45) is 3.39. The number of H-pyrrole nitrogens is 1. The van der Waals surface area contributed by atoms with E-state index >= 15 is 0 Å². The van der Waals surface area contributed by atoms with E-state index in [4.69, 9.17) is 0 Å². The minimum Gasteiger partial charge on any atom is -0.366 e. The fourth-order valence-corrected chi connectivity index (χ4v) is 3.66. The molecule has 6 heteroatoms. The van der Waals surface area contributed by atoms with Crippen molar-refractivity contribution in [1.29, 1.82) is 5.26 Å². The van der Waals surface area contributed by atoms with Crippen LogP contribution in [0.5, 0.6) is 0 Å². The van der Waals surface area contributed by atoms with Gasteiger partial charge in [-0.2, -0.15) is 5.26 Å². The zero-order chi connectivity index (χ0) is 17.6. The van der Waals surface area contributed by atoms with Gasteiger partial charge >= 0.3 is 0 Å². The Labute approximate surface area is 143 Å². The Kier molecular flexibility index (Phi) is 3.65. The van der Waals surface area contributed by atoms with Gasteiger partial charge in [0.15, 0.2) is 0 Å². The van der Waals surface area contributed by atoms with Crippen LogP contribution in [0.2, 0.25) is 0 Å². The average molecular weight is 336 g/mol. The number of halogens is 1. The molecule has 0 aliphatic heterocycles. The molecule has 0 unspecified atom stereocenters. The molecule has 3 aromatic rings. The summed E-state index contributed by atoms with van der Waals surface area (Å²) >= 11 is 0. The lowest BCUT2D eigenvalue weighted by molar-refractivity contribution is -0.121. The number of fused-ring (bicyclic) bond motifs is 3. The highest BCUT2D eigenvalue weighted by atomic mass is 19.1. The third-order valence-electron chi connectivity index (χ3n) is 5.00. The van der Waals surface area contributed by atoms with Crippen molar-refractivity contribution in [3.63, 3.8) is 0 Å². The van der Waals surface area contributed by atoms with Gasteiger partial charge in [0.1, 0.15) is 23.5 Å². The van der Waals surface area contributed by atoms with E-state index in [9.17, 15) is 14.4 Å². The highest BCUT2D eigenvalue weighted by Gasteiger charge is 2.27. The summed E-state index contributed by atoms with van der Waals surface area (Å²) in [5.41, 5.74) is 1.83. The third kappa shape index (κ3) is 2.62. The molecule has 0 amide bonds. The first kappa shape index (κ1) is 15.6. The molecule has 0 bridgehead atoms. The number of Topliss-reactive ketones (excluding diaryl/α,β-unsaturated/α-hetero) is 1. The molecule has 126 valence electrons. The zero-order valence-electron chi connectivity index (χ0n) is 13.8. The van der Waals surface area contributed by atoms with Gasteiger partial charge in [-0.15, -0.1) is 0 Å². The lowest BCUT2D eigenvalue weighted by Crippen LogP contribution is -2.34. The van der Waals surface area contributed by atoms with Gasteiger partial charge in [0, 0.05) is 36.0 Å². The van der Waals surface area contributed by atoms with E-state index < -0.39 is 0 Å². The summed E-state index contributed by atoms with van der Waals surface area (Å²) in [5.74, 6) is 0.781. The molecule has 1 fully saturated rings. The molecule has 0 radical (unpaired) electrons. The highest BCUT2D eigenvalue weighted by molar-refractivity contribution is 6.13. The number of pyridine rings is 1. The largest absolute Gasteiger partial charge is 0.366 e. The Balaban J connectivity index is 1.86. The quantitative estimate of drug-likeness (QED) is 0.744. The van der Waals surface area contributed by atoms with Crippen molar-refractivity contribution in [2.24, 2.45) is 5.92 Å². The maximum absolute atomic E-state index is 13.8. The number of aromatic amines is 1. The molecule has 4 rings (SSSR count). The number of carbonyl (C=O) groups is 1. The van der Waals surface area contributed by atoms with E-state index in [0.717, 1.165) is 17.3 Å². The number of rotatable bonds is 2. The van der Waals surface area contributed by atoms with Crippen LogP contribution >= 0.6 is 0 Å². The fourth-order valence-electron chi connectivity index (χ4n) is 3.66. The Hall–Kier alpha value is -2.94. The van der Waals surface area contributed by atoms with Gasteiger partial charge in [0.25, 0.3) is 0 Å². The smallest absolute Gasteiger partial charge is 0.136 e. The number of benzene rings is 1. The fraction of sp³-hybridized carbons (Fsp3) is 0.316. The third-order valence-corrected chi connectivity index (χ3v) is 5.00. The van der Waals surface area contributed by atoms with Crippen molar-refractivity contribution in [2.75, 3.05) is 5.32 Å². The summed E-state index contributed by atoms with van der Waals surface area (Å²) in [6.45, 7) is 2.05. The first-order chi connectivity index (χ1) is 12.1. The number of hydrogen-bond donors (Lipinski definition) is 2. The van der Waals surface area contributed by atoms with Crippen molar-refractivity contribution in [2.45, 2.75) is 32.2 Å². The van der Waals surface area contributed by atoms with Crippen LogP contribution in [0.15, 0.2) is 24.4 Å². The predicted octanol–water partition coefficient (Wildman–Crippen LogP) is 3.90. The first-order valence-electron chi connectivity index (χ1n) is 8.35. The molecule has 5 nitrogen and oxygen atoms in total. The number of nitrogens with one attached hydrogen (secondary N) is 2. The molecule has 1 aromatic carbocycles. The van der Waals surface area contributed by atoms with Crippen LogP contribution in [0.3, 0.4) is 0 Å². The van der Waals surface area contributed by atoms with Crippen molar-refractivity contribution < 1.29 is 9.18 Å². The number of aromatic nitrogens is 2. The van der Waals surface area contributed by atoms with Crippen LogP contribution in [0.25, 0.3) is 21.8 Å². The maximum atomic E-state index is 13.8. The Bertz CT molecular complexity index is 1030. The van der Waals surface area contributed by atoms with E-state index in [2.05, 4.69) is 21.4 Å². The van der Waals surface area contributed by atoms with E-state index in [1.165, 1.54) is 18.3 Å². The second-order valence-electron chi connectivity index (χ2n) is 6.71. The standard InChI is InChI=1S/C19H17FN4O/c1-10-6-13(25)3-5-15(10)24-19-17-14-7-12(20)2-4-16(14)23-18(17)11(8-21)9-22-19/h2,4,7,9-10,15,23H,3,5-6H2,1H3,(H,22,24)/t10-,15+/m0/s1. The predicted molar refractivity (Wildman–Crippen MR) is 93.7 cm³/mol. The van der Waals surface area contributed by atoms with Gasteiger partial charge in [-0.25, -0.2) is 9.37 Å². The summed E-state index contributed by atoms with van der Waals surface area (Å²) in [6, 6.07) is 6.76. The zero-order valence-corrected chi connectivity index (χ0v) is 13.8. The summed E-state index contributed by atoms with van der Waals surface area (Å²) in [5, 5.41) is 14.2. The highest BCUT2D eigenvalue weighted by Crippen LogP contribution is 2.34. The maximum Gasteiger partial charge on any atom is 0.136 e. The van der Waals surface area contributed by atoms with Crippen LogP contribution in [0.1, 0.15) is 31.7 Å². The molecule has 2 aromatic heterocycles. The van der Waals surface area contributed by atoms with E-state index in [-0.39, 0.29) is 23.6 Å². The van der Waals surface area contributed by atoms with Crippen LogP contribution in [-0.4, -0.2) is 21.8 Å². The van der Waals surface area contributed by atoms with Crippen LogP contribution in [0, 0.1) is 23.1 Å². The van der Waals surface area contributed by atoms with Gasteiger partial charge in [-0.3, -0.25) is 4.79 Å². The molecule has 1 saturated carbocycles. The number of hydrogen-bond acceptors (Lipinski definition) is 4. The van der Waals surface area contributed by atoms with Crippen molar-refractivity contribution in [3.8, 4) is 6.07 Å². The van der Waals surface area contributed by atoms with E-state index in [1.807, 2.05) is 6.92 Å². The number of nitrogens with zero attached hydrogens (tertiary/aromatic N) is 2. The molecule has 2 heterocycles. The Morgan fingerprint density at radius 1 is 1.44 bits per heavy atom.